The third kappa shape index (κ3) is 2.45. The minimum Gasteiger partial charge on any atom is -0.326 e. The van der Waals surface area contributed by atoms with Crippen LogP contribution >= 0.6 is 0 Å². The third-order valence-electron chi connectivity index (χ3n) is 3.76. The minimum atomic E-state index is 0.638. The Bertz CT molecular complexity index is 356. The van der Waals surface area contributed by atoms with Crippen LogP contribution < -0.4 is 5.73 Å². The molecule has 1 aliphatic carbocycles. The number of nitrogens with two attached hydrogens (primary N) is 1. The average Bonchev–Trinajstić information content (AvgIpc) is 2.18. The van der Waals surface area contributed by atoms with Crippen LogP contribution in [-0.2, 0) is 13.1 Å². The quantitative estimate of drug-likeness (QED) is 0.841. The summed E-state index contributed by atoms with van der Waals surface area (Å²) in [5, 5.41) is 0. The van der Waals surface area contributed by atoms with Crippen molar-refractivity contribution in [2.45, 2.75) is 45.3 Å². The molecule has 0 bridgehead atoms. The third-order valence-corrected chi connectivity index (χ3v) is 3.76. The lowest BCUT2D eigenvalue weighted by atomic mass is 9.91. The molecular weight excluding hydrogens is 196 g/mol. The van der Waals surface area contributed by atoms with E-state index in [4.69, 9.17) is 5.73 Å². The largest absolute Gasteiger partial charge is 0.326 e. The molecule has 2 nitrogen and oxygen atoms in total. The van der Waals surface area contributed by atoms with Gasteiger partial charge < -0.3 is 5.73 Å². The Kier molecular flexibility index (Phi) is 3.62. The van der Waals surface area contributed by atoms with Gasteiger partial charge in [-0.2, -0.15) is 0 Å². The van der Waals surface area contributed by atoms with Crippen LogP contribution in [0.2, 0.25) is 0 Å². The van der Waals surface area contributed by atoms with Gasteiger partial charge in [0.15, 0.2) is 0 Å². The van der Waals surface area contributed by atoms with Crippen molar-refractivity contribution < 1.29 is 0 Å². The number of hydrogen-bond acceptors (Lipinski definition) is 2. The van der Waals surface area contributed by atoms with E-state index in [2.05, 4.69) is 37.1 Å². The normalized spacial score (nSPS) is 16.5. The highest BCUT2D eigenvalue weighted by molar-refractivity contribution is 5.31. The minimum absolute atomic E-state index is 0.638. The van der Waals surface area contributed by atoms with Crippen molar-refractivity contribution in [2.24, 2.45) is 5.73 Å². The topological polar surface area (TPSA) is 29.3 Å². The van der Waals surface area contributed by atoms with Crippen LogP contribution in [0, 0.1) is 6.92 Å². The lowest BCUT2D eigenvalue weighted by Gasteiger charge is -2.35. The number of aryl methyl sites for hydroxylation is 1. The van der Waals surface area contributed by atoms with E-state index in [1.54, 1.807) is 0 Å². The molecule has 88 valence electrons. The van der Waals surface area contributed by atoms with Crippen molar-refractivity contribution in [1.82, 2.24) is 4.90 Å². The van der Waals surface area contributed by atoms with Gasteiger partial charge in [-0.25, -0.2) is 0 Å². The van der Waals surface area contributed by atoms with Crippen LogP contribution in [0.1, 0.15) is 36.0 Å². The molecule has 0 amide bonds. The fourth-order valence-corrected chi connectivity index (χ4v) is 2.29. The van der Waals surface area contributed by atoms with E-state index >= 15 is 0 Å². The summed E-state index contributed by atoms with van der Waals surface area (Å²) in [6.07, 6.45) is 4.15. The number of hydrogen-bond donors (Lipinski definition) is 1. The first kappa shape index (κ1) is 11.6. The molecule has 1 aromatic rings. The second kappa shape index (κ2) is 4.98. The first-order valence-corrected chi connectivity index (χ1v) is 6.19. The van der Waals surface area contributed by atoms with Crippen LogP contribution in [0.15, 0.2) is 18.2 Å². The van der Waals surface area contributed by atoms with Crippen LogP contribution in [0.25, 0.3) is 0 Å². The molecule has 1 fully saturated rings. The van der Waals surface area contributed by atoms with E-state index in [9.17, 15) is 0 Å². The van der Waals surface area contributed by atoms with Gasteiger partial charge in [0.1, 0.15) is 0 Å². The van der Waals surface area contributed by atoms with Crippen LogP contribution in [0.5, 0.6) is 0 Å². The summed E-state index contributed by atoms with van der Waals surface area (Å²) in [7, 11) is 2.24. The molecule has 16 heavy (non-hydrogen) atoms. The van der Waals surface area contributed by atoms with Crippen molar-refractivity contribution in [3.8, 4) is 0 Å². The average molecular weight is 218 g/mol. The van der Waals surface area contributed by atoms with Gasteiger partial charge in [0, 0.05) is 19.1 Å². The lowest BCUT2D eigenvalue weighted by Crippen LogP contribution is -2.36. The van der Waals surface area contributed by atoms with E-state index in [1.165, 1.54) is 36.0 Å². The Morgan fingerprint density at radius 3 is 2.62 bits per heavy atom. The maximum Gasteiger partial charge on any atom is 0.0236 e. The van der Waals surface area contributed by atoms with Gasteiger partial charge >= 0.3 is 0 Å². The van der Waals surface area contributed by atoms with Crippen LogP contribution in [0.3, 0.4) is 0 Å². The van der Waals surface area contributed by atoms with Gasteiger partial charge in [-0.1, -0.05) is 24.6 Å². The first-order chi connectivity index (χ1) is 7.70. The molecule has 1 aromatic carbocycles. The van der Waals surface area contributed by atoms with E-state index in [-0.39, 0.29) is 0 Å². The predicted molar refractivity (Wildman–Crippen MR) is 68.2 cm³/mol. The standard InChI is InChI=1S/C14H22N2/c1-11-8-12(9-15)6-7-13(11)10-16(2)14-4-3-5-14/h6-8,14H,3-5,9-10,15H2,1-2H3. The Morgan fingerprint density at radius 2 is 2.12 bits per heavy atom. The van der Waals surface area contributed by atoms with Crippen LogP contribution in [-0.4, -0.2) is 18.0 Å². The molecule has 0 saturated heterocycles. The molecule has 2 heteroatoms. The van der Waals surface area contributed by atoms with Gasteiger partial charge in [0.2, 0.25) is 0 Å². The summed E-state index contributed by atoms with van der Waals surface area (Å²) in [6.45, 7) is 3.89. The SMILES string of the molecule is Cc1cc(CN)ccc1CN(C)C1CCC1. The maximum atomic E-state index is 5.64. The smallest absolute Gasteiger partial charge is 0.0236 e. The Labute approximate surface area is 98.4 Å². The summed E-state index contributed by atoms with van der Waals surface area (Å²) >= 11 is 0. The van der Waals surface area contributed by atoms with Gasteiger partial charge in [-0.05, 0) is 43.5 Å². The molecule has 1 aliphatic rings. The molecule has 1 saturated carbocycles. The number of benzene rings is 1. The van der Waals surface area contributed by atoms with Crippen molar-refractivity contribution in [1.29, 1.82) is 0 Å². The van der Waals surface area contributed by atoms with E-state index in [1.807, 2.05) is 0 Å². The summed E-state index contributed by atoms with van der Waals surface area (Å²) in [6, 6.07) is 7.40. The van der Waals surface area contributed by atoms with E-state index in [0.717, 1.165) is 12.6 Å². The Hall–Kier alpha value is -0.860. The summed E-state index contributed by atoms with van der Waals surface area (Å²) in [4.78, 5) is 2.48. The highest BCUT2D eigenvalue weighted by Gasteiger charge is 2.21. The zero-order chi connectivity index (χ0) is 11.5. The monoisotopic (exact) mass is 218 g/mol. The lowest BCUT2D eigenvalue weighted by molar-refractivity contribution is 0.152. The molecule has 0 unspecified atom stereocenters. The molecule has 0 spiro atoms. The Balaban J connectivity index is 2.03. The fraction of sp³-hybridized carbons (Fsp3) is 0.571. The molecule has 0 aromatic heterocycles. The van der Waals surface area contributed by atoms with Gasteiger partial charge in [-0.3, -0.25) is 4.90 Å². The summed E-state index contributed by atoms with van der Waals surface area (Å²) in [5.41, 5.74) is 9.67. The van der Waals surface area contributed by atoms with Crippen molar-refractivity contribution >= 4 is 0 Å². The van der Waals surface area contributed by atoms with Gasteiger partial charge in [-0.15, -0.1) is 0 Å². The van der Waals surface area contributed by atoms with E-state index in [0.29, 0.717) is 6.54 Å². The summed E-state index contributed by atoms with van der Waals surface area (Å²) in [5.74, 6) is 0. The fourth-order valence-electron chi connectivity index (χ4n) is 2.29. The summed E-state index contributed by atoms with van der Waals surface area (Å²) < 4.78 is 0. The van der Waals surface area contributed by atoms with Gasteiger partial charge in [0.05, 0.1) is 0 Å². The zero-order valence-corrected chi connectivity index (χ0v) is 10.4. The second-order valence-corrected chi connectivity index (χ2v) is 4.96. The maximum absolute atomic E-state index is 5.64. The predicted octanol–water partition coefficient (Wildman–Crippen LogP) is 2.44. The molecule has 0 heterocycles. The molecule has 0 atom stereocenters. The van der Waals surface area contributed by atoms with Crippen molar-refractivity contribution in [3.63, 3.8) is 0 Å². The van der Waals surface area contributed by atoms with Gasteiger partial charge in [0.25, 0.3) is 0 Å². The first-order valence-electron chi connectivity index (χ1n) is 6.19. The molecule has 2 rings (SSSR count). The number of rotatable bonds is 4. The molecule has 0 aliphatic heterocycles. The molecule has 0 radical (unpaired) electrons. The zero-order valence-electron chi connectivity index (χ0n) is 10.4. The molecule has 2 N–H and O–H groups in total. The molecular formula is C14H22N2. The number of nitrogens with zero attached hydrogens (tertiary/aromatic N) is 1. The Morgan fingerprint density at radius 1 is 1.38 bits per heavy atom. The highest BCUT2D eigenvalue weighted by Crippen LogP contribution is 2.25. The van der Waals surface area contributed by atoms with Crippen LogP contribution in [0.4, 0.5) is 0 Å². The second-order valence-electron chi connectivity index (χ2n) is 4.96. The van der Waals surface area contributed by atoms with Crippen molar-refractivity contribution in [2.75, 3.05) is 7.05 Å². The van der Waals surface area contributed by atoms with E-state index < -0.39 is 0 Å². The highest BCUT2D eigenvalue weighted by atomic mass is 15.1. The van der Waals surface area contributed by atoms with Crippen molar-refractivity contribution in [3.05, 3.63) is 34.9 Å².